The third-order valence-corrected chi connectivity index (χ3v) is 6.74. The number of allylic oxidation sites excluding steroid dienone is 5. The van der Waals surface area contributed by atoms with Gasteiger partial charge < -0.3 is 19.3 Å². The van der Waals surface area contributed by atoms with E-state index in [1.54, 1.807) is 12.2 Å². The Bertz CT molecular complexity index is 764. The summed E-state index contributed by atoms with van der Waals surface area (Å²) in [5.74, 6) is -0.973. The molecule has 1 saturated carbocycles. The van der Waals surface area contributed by atoms with Gasteiger partial charge in [-0.1, -0.05) is 50.1 Å². The summed E-state index contributed by atoms with van der Waals surface area (Å²) in [5.41, 5.74) is 0. The molecule has 2 aliphatic rings. The highest BCUT2D eigenvalue weighted by atomic mass is 16.7. The van der Waals surface area contributed by atoms with Gasteiger partial charge in [0.25, 0.3) is 0 Å². The molecule has 1 aliphatic carbocycles. The number of esters is 1. The van der Waals surface area contributed by atoms with Crippen molar-refractivity contribution in [2.45, 2.75) is 109 Å². The Hall–Kier alpha value is -2.25. The molecule has 7 nitrogen and oxygen atoms in total. The highest BCUT2D eigenvalue weighted by Crippen LogP contribution is 2.41. The zero-order valence-corrected chi connectivity index (χ0v) is 21.9. The van der Waals surface area contributed by atoms with Crippen LogP contribution < -0.4 is 0 Å². The molecular weight excluding hydrogens is 460 g/mol. The Morgan fingerprint density at radius 2 is 1.86 bits per heavy atom. The Kier molecular flexibility index (Phi) is 14.4. The van der Waals surface area contributed by atoms with Gasteiger partial charge in [-0.3, -0.25) is 14.4 Å². The standard InChI is InChI=1S/C29H44O7/c1-3-4-7-14-23(31)15-10-11-17-25-24(16-8-5-6-9-18-28(32)33)26(35-22(2)30)21-27(25)36-29-19-12-13-20-34-29/h5,8,10-11,15,17,24-27,29H,3-4,6-7,9,12-14,16,18-21H2,1-2H3,(H,32,33)/b8-5-,15-10+,17-11+/t24-,25-,26+,27?,29?/m1/s1. The van der Waals surface area contributed by atoms with Crippen molar-refractivity contribution < 1.29 is 33.7 Å². The second-order valence-electron chi connectivity index (χ2n) is 9.76. The number of carboxylic acids is 1. The van der Waals surface area contributed by atoms with E-state index in [2.05, 4.69) is 19.1 Å². The van der Waals surface area contributed by atoms with Crippen molar-refractivity contribution in [2.24, 2.45) is 11.8 Å². The van der Waals surface area contributed by atoms with E-state index in [0.29, 0.717) is 38.7 Å². The highest BCUT2D eigenvalue weighted by Gasteiger charge is 2.44. The fourth-order valence-corrected chi connectivity index (χ4v) is 4.90. The van der Waals surface area contributed by atoms with Gasteiger partial charge >= 0.3 is 11.9 Å². The molecule has 36 heavy (non-hydrogen) atoms. The number of unbranched alkanes of at least 4 members (excludes halogenated alkanes) is 3. The van der Waals surface area contributed by atoms with Crippen LogP contribution in [0, 0.1) is 11.8 Å². The number of ether oxygens (including phenoxy) is 3. The van der Waals surface area contributed by atoms with Crippen molar-refractivity contribution in [1.29, 1.82) is 0 Å². The fraction of sp³-hybridized carbons (Fsp3) is 0.690. The van der Waals surface area contributed by atoms with Crippen molar-refractivity contribution in [3.63, 3.8) is 0 Å². The van der Waals surface area contributed by atoms with Gasteiger partial charge in [0.15, 0.2) is 12.1 Å². The summed E-state index contributed by atoms with van der Waals surface area (Å²) in [5, 5.41) is 8.82. The van der Waals surface area contributed by atoms with E-state index < -0.39 is 5.97 Å². The average Bonchev–Trinajstić information content (AvgIpc) is 3.14. The Labute approximate surface area is 215 Å². The number of hydrogen-bond acceptors (Lipinski definition) is 6. The lowest BCUT2D eigenvalue weighted by Gasteiger charge is -2.28. The molecule has 0 aromatic heterocycles. The maximum atomic E-state index is 12.1. The van der Waals surface area contributed by atoms with Crippen molar-refractivity contribution in [2.75, 3.05) is 6.61 Å². The van der Waals surface area contributed by atoms with E-state index in [0.717, 1.165) is 38.5 Å². The number of hydrogen-bond donors (Lipinski definition) is 1. The van der Waals surface area contributed by atoms with Crippen molar-refractivity contribution in [3.05, 3.63) is 36.5 Å². The van der Waals surface area contributed by atoms with Gasteiger partial charge in [0, 0.05) is 44.6 Å². The molecule has 7 heteroatoms. The van der Waals surface area contributed by atoms with E-state index >= 15 is 0 Å². The smallest absolute Gasteiger partial charge is 0.303 e. The van der Waals surface area contributed by atoms with Crippen LogP contribution in [0.3, 0.4) is 0 Å². The van der Waals surface area contributed by atoms with Crippen molar-refractivity contribution >= 4 is 17.7 Å². The lowest BCUT2D eigenvalue weighted by molar-refractivity contribution is -0.193. The second kappa shape index (κ2) is 17.2. The highest BCUT2D eigenvalue weighted by molar-refractivity contribution is 5.89. The molecule has 0 amide bonds. The molecule has 1 heterocycles. The SMILES string of the molecule is CCCCCC(=O)/C=C/C=C/[C@H]1C(OC2CCCCO2)C[C@H](OC(C)=O)[C@@H]1C/C=C\CCCC(=O)O. The van der Waals surface area contributed by atoms with Crippen LogP contribution in [0.15, 0.2) is 36.5 Å². The lowest BCUT2D eigenvalue weighted by atomic mass is 9.89. The molecule has 1 saturated heterocycles. The summed E-state index contributed by atoms with van der Waals surface area (Å²) in [6, 6.07) is 0. The van der Waals surface area contributed by atoms with E-state index in [9.17, 15) is 14.4 Å². The number of aliphatic carboxylic acids is 1. The van der Waals surface area contributed by atoms with E-state index in [1.165, 1.54) is 6.92 Å². The minimum Gasteiger partial charge on any atom is -0.481 e. The molecule has 0 aromatic carbocycles. The molecule has 2 rings (SSSR count). The summed E-state index contributed by atoms with van der Waals surface area (Å²) in [4.78, 5) is 34.7. The van der Waals surface area contributed by atoms with Gasteiger partial charge in [0.05, 0.1) is 6.10 Å². The third-order valence-electron chi connectivity index (χ3n) is 6.74. The number of rotatable bonds is 16. The largest absolute Gasteiger partial charge is 0.481 e. The predicted molar refractivity (Wildman–Crippen MR) is 138 cm³/mol. The summed E-state index contributed by atoms with van der Waals surface area (Å²) in [6.45, 7) is 4.23. The number of carboxylic acid groups (broad SMARTS) is 1. The summed E-state index contributed by atoms with van der Waals surface area (Å²) in [7, 11) is 0. The maximum absolute atomic E-state index is 12.1. The maximum Gasteiger partial charge on any atom is 0.303 e. The Morgan fingerprint density at radius 3 is 2.56 bits per heavy atom. The zero-order chi connectivity index (χ0) is 26.2. The van der Waals surface area contributed by atoms with Crippen molar-refractivity contribution in [3.8, 4) is 0 Å². The van der Waals surface area contributed by atoms with Gasteiger partial charge in [0.2, 0.25) is 0 Å². The summed E-state index contributed by atoms with van der Waals surface area (Å²) in [6.07, 6.45) is 20.0. The van der Waals surface area contributed by atoms with Gasteiger partial charge in [0.1, 0.15) is 6.10 Å². The zero-order valence-electron chi connectivity index (χ0n) is 21.9. The van der Waals surface area contributed by atoms with Gasteiger partial charge in [-0.25, -0.2) is 0 Å². The van der Waals surface area contributed by atoms with Crippen LogP contribution in [-0.2, 0) is 28.6 Å². The second-order valence-corrected chi connectivity index (χ2v) is 9.76. The first-order chi connectivity index (χ1) is 17.4. The normalized spacial score (nSPS) is 26.8. The van der Waals surface area contributed by atoms with Crippen LogP contribution in [0.5, 0.6) is 0 Å². The number of carbonyl (C=O) groups excluding carboxylic acids is 2. The summed E-state index contributed by atoms with van der Waals surface area (Å²) < 4.78 is 17.9. The Balaban J connectivity index is 2.10. The molecule has 1 N–H and O–H groups in total. The molecule has 0 bridgehead atoms. The van der Waals surface area contributed by atoms with E-state index in [1.807, 2.05) is 12.2 Å². The molecule has 2 fully saturated rings. The summed E-state index contributed by atoms with van der Waals surface area (Å²) >= 11 is 0. The molecule has 0 aromatic rings. The van der Waals surface area contributed by atoms with Gasteiger partial charge in [-0.2, -0.15) is 0 Å². The van der Waals surface area contributed by atoms with Gasteiger partial charge in [-0.15, -0.1) is 0 Å². The topological polar surface area (TPSA) is 99.1 Å². The van der Waals surface area contributed by atoms with Crippen LogP contribution in [-0.4, -0.2) is 47.9 Å². The van der Waals surface area contributed by atoms with Crippen LogP contribution >= 0.6 is 0 Å². The molecule has 0 radical (unpaired) electrons. The number of ketones is 1. The number of carbonyl (C=O) groups is 3. The lowest BCUT2D eigenvalue weighted by Crippen LogP contribution is -2.30. The first-order valence-corrected chi connectivity index (χ1v) is 13.6. The molecule has 2 unspecified atom stereocenters. The minimum atomic E-state index is -0.791. The first-order valence-electron chi connectivity index (χ1n) is 13.6. The molecule has 1 aliphatic heterocycles. The third kappa shape index (κ3) is 11.7. The average molecular weight is 505 g/mol. The van der Waals surface area contributed by atoms with Crippen LogP contribution in [0.4, 0.5) is 0 Å². The predicted octanol–water partition coefficient (Wildman–Crippen LogP) is 5.93. The minimum absolute atomic E-state index is 0.0108. The quantitative estimate of drug-likeness (QED) is 0.0914. The first kappa shape index (κ1) is 30.0. The molecule has 5 atom stereocenters. The Morgan fingerprint density at radius 1 is 1.03 bits per heavy atom. The molecular formula is C29H44O7. The van der Waals surface area contributed by atoms with Crippen LogP contribution in [0.25, 0.3) is 0 Å². The van der Waals surface area contributed by atoms with E-state index in [4.69, 9.17) is 19.3 Å². The molecule has 202 valence electrons. The van der Waals surface area contributed by atoms with E-state index in [-0.39, 0.29) is 48.5 Å². The van der Waals surface area contributed by atoms with Crippen molar-refractivity contribution in [1.82, 2.24) is 0 Å². The molecule has 0 spiro atoms. The van der Waals surface area contributed by atoms with Gasteiger partial charge in [-0.05, 0) is 51.0 Å². The van der Waals surface area contributed by atoms with Crippen LogP contribution in [0.1, 0.15) is 90.9 Å². The monoisotopic (exact) mass is 504 g/mol. The fourth-order valence-electron chi connectivity index (χ4n) is 4.90. The van der Waals surface area contributed by atoms with Crippen LogP contribution in [0.2, 0.25) is 0 Å².